The molecule has 0 aliphatic carbocycles. The molecule has 43 heavy (non-hydrogen) atoms. The summed E-state index contributed by atoms with van der Waals surface area (Å²) in [5.41, 5.74) is 1.54. The van der Waals surface area contributed by atoms with E-state index in [0.29, 0.717) is 46.9 Å². The number of benzene rings is 2. The highest BCUT2D eigenvalue weighted by Gasteiger charge is 2.30. The lowest BCUT2D eigenvalue weighted by Gasteiger charge is -2.31. The minimum absolute atomic E-state index is 0.101. The van der Waals surface area contributed by atoms with Gasteiger partial charge >= 0.3 is 6.18 Å². The monoisotopic (exact) mass is 620 g/mol. The number of carbonyl (C=O) groups is 1. The summed E-state index contributed by atoms with van der Waals surface area (Å²) in [6, 6.07) is 8.43. The molecule has 0 unspecified atom stereocenters. The number of halogens is 4. The zero-order valence-corrected chi connectivity index (χ0v) is 24.3. The quantitative estimate of drug-likeness (QED) is 0.180. The number of fused-ring (bicyclic) bond motifs is 1. The van der Waals surface area contributed by atoms with Gasteiger partial charge in [-0.1, -0.05) is 24.3 Å². The summed E-state index contributed by atoms with van der Waals surface area (Å²) in [6.45, 7) is 4.63. The van der Waals surface area contributed by atoms with Gasteiger partial charge in [0, 0.05) is 42.5 Å². The molecule has 1 fully saturated rings. The van der Waals surface area contributed by atoms with Crippen LogP contribution in [0.4, 0.5) is 17.6 Å². The third-order valence-electron chi connectivity index (χ3n) is 7.70. The number of nitrogens with zero attached hydrogens (tertiary/aromatic N) is 4. The number of hydrogen-bond donors (Lipinski definition) is 2. The molecule has 0 radical (unpaired) electrons. The van der Waals surface area contributed by atoms with E-state index < -0.39 is 33.3 Å². The zero-order valence-electron chi connectivity index (χ0n) is 23.5. The largest absolute Gasteiger partial charge is 0.416 e. The Labute approximate surface area is 246 Å². The van der Waals surface area contributed by atoms with Crippen LogP contribution in [0.15, 0.2) is 48.7 Å². The second-order valence-electron chi connectivity index (χ2n) is 10.8. The van der Waals surface area contributed by atoms with E-state index in [-0.39, 0.29) is 24.3 Å². The number of hydrogen-bond acceptors (Lipinski definition) is 6. The average Bonchev–Trinajstić information content (AvgIpc) is 3.57. The van der Waals surface area contributed by atoms with Crippen molar-refractivity contribution in [3.8, 4) is 11.3 Å². The van der Waals surface area contributed by atoms with Gasteiger partial charge in [0.25, 0.3) is 0 Å². The number of sulfonamides is 1. The number of H-pyrrole nitrogens is 1. The molecule has 2 aromatic heterocycles. The standard InChI is InChI=1S/C29H32F4N6O3S/c1-2-26(40)28-27(23-15-22(30)7-8-24(23)35-28)25-17-39(37-36-25)16-19-9-12-38(13-10-19)14-11-34-43(41,42)18-20-3-5-21(6-4-20)29(31,32)33/h3-8,15,17,19,34-35H,2,9-14,16,18H2,1H3. The maximum Gasteiger partial charge on any atom is 0.416 e. The fourth-order valence-corrected chi connectivity index (χ4v) is 6.53. The van der Waals surface area contributed by atoms with Crippen molar-refractivity contribution in [1.82, 2.24) is 29.6 Å². The Hall–Kier alpha value is -3.62. The van der Waals surface area contributed by atoms with Crippen molar-refractivity contribution in [2.24, 2.45) is 5.92 Å². The van der Waals surface area contributed by atoms with Gasteiger partial charge < -0.3 is 9.88 Å². The predicted octanol–water partition coefficient (Wildman–Crippen LogP) is 5.01. The van der Waals surface area contributed by atoms with E-state index in [4.69, 9.17) is 0 Å². The first-order valence-electron chi connectivity index (χ1n) is 14.0. The van der Waals surface area contributed by atoms with Crippen molar-refractivity contribution in [1.29, 1.82) is 0 Å². The summed E-state index contributed by atoms with van der Waals surface area (Å²) in [7, 11) is -3.70. The van der Waals surface area contributed by atoms with Gasteiger partial charge in [0.15, 0.2) is 5.78 Å². The smallest absolute Gasteiger partial charge is 0.352 e. The van der Waals surface area contributed by atoms with Crippen LogP contribution in [0, 0.1) is 11.7 Å². The predicted molar refractivity (Wildman–Crippen MR) is 153 cm³/mol. The van der Waals surface area contributed by atoms with Crippen LogP contribution in [0.25, 0.3) is 22.2 Å². The molecule has 3 heterocycles. The molecule has 0 amide bonds. The lowest BCUT2D eigenvalue weighted by molar-refractivity contribution is -0.137. The van der Waals surface area contributed by atoms with Crippen molar-refractivity contribution < 1.29 is 30.8 Å². The Morgan fingerprint density at radius 1 is 1.12 bits per heavy atom. The van der Waals surface area contributed by atoms with Crippen LogP contribution < -0.4 is 4.72 Å². The van der Waals surface area contributed by atoms with E-state index in [0.717, 1.165) is 38.1 Å². The van der Waals surface area contributed by atoms with Crippen LogP contribution in [-0.4, -0.2) is 65.3 Å². The lowest BCUT2D eigenvalue weighted by atomic mass is 9.97. The molecule has 0 saturated carbocycles. The van der Waals surface area contributed by atoms with Crippen molar-refractivity contribution in [2.75, 3.05) is 26.2 Å². The Morgan fingerprint density at radius 2 is 1.84 bits per heavy atom. The molecule has 9 nitrogen and oxygen atoms in total. The number of likely N-dealkylation sites (tertiary alicyclic amines) is 1. The van der Waals surface area contributed by atoms with E-state index in [2.05, 4.69) is 24.9 Å². The van der Waals surface area contributed by atoms with Gasteiger partial charge in [-0.2, -0.15) is 13.2 Å². The number of Topliss-reactive ketones (excluding diaryl/α,β-unsaturated/α-hetero) is 1. The highest BCUT2D eigenvalue weighted by molar-refractivity contribution is 7.88. The fraction of sp³-hybridized carbons (Fsp3) is 0.414. The first kappa shape index (κ1) is 30.8. The third-order valence-corrected chi connectivity index (χ3v) is 9.05. The summed E-state index contributed by atoms with van der Waals surface area (Å²) in [5.74, 6) is -0.585. The molecule has 1 saturated heterocycles. The Balaban J connectivity index is 1.11. The van der Waals surface area contributed by atoms with Crippen molar-refractivity contribution >= 4 is 26.7 Å². The van der Waals surface area contributed by atoms with Crippen molar-refractivity contribution in [2.45, 2.75) is 44.7 Å². The molecule has 4 aromatic rings. The molecule has 0 spiro atoms. The minimum atomic E-state index is -4.47. The van der Waals surface area contributed by atoms with E-state index in [1.165, 1.54) is 24.3 Å². The molecule has 5 rings (SSSR count). The van der Waals surface area contributed by atoms with Crippen molar-refractivity contribution in [3.63, 3.8) is 0 Å². The van der Waals surface area contributed by atoms with E-state index in [1.807, 2.05) is 0 Å². The SMILES string of the molecule is CCC(=O)c1[nH]c2ccc(F)cc2c1-c1cn(CC2CCN(CCNS(=O)(=O)Cc3ccc(C(F)(F)F)cc3)CC2)nn1. The van der Waals surface area contributed by atoms with Gasteiger partial charge in [0.2, 0.25) is 10.0 Å². The molecule has 2 aromatic carbocycles. The zero-order chi connectivity index (χ0) is 30.8. The number of carbonyl (C=O) groups excluding carboxylic acids is 1. The number of aromatic nitrogens is 4. The van der Waals surface area contributed by atoms with Crippen LogP contribution in [0.3, 0.4) is 0 Å². The fourth-order valence-electron chi connectivity index (χ4n) is 5.40. The number of aromatic amines is 1. The second kappa shape index (κ2) is 12.5. The molecular formula is C29H32F4N6O3S. The molecular weight excluding hydrogens is 588 g/mol. The third kappa shape index (κ3) is 7.48. The number of ketones is 1. The first-order chi connectivity index (χ1) is 20.4. The average molecular weight is 621 g/mol. The van der Waals surface area contributed by atoms with Gasteiger partial charge in [-0.05, 0) is 67.7 Å². The summed E-state index contributed by atoms with van der Waals surface area (Å²) >= 11 is 0. The van der Waals surface area contributed by atoms with Crippen LogP contribution in [-0.2, 0) is 28.5 Å². The number of rotatable bonds is 11. The van der Waals surface area contributed by atoms with Gasteiger partial charge in [-0.25, -0.2) is 17.5 Å². The summed E-state index contributed by atoms with van der Waals surface area (Å²) < 4.78 is 81.3. The van der Waals surface area contributed by atoms with Gasteiger partial charge in [0.05, 0.1) is 23.2 Å². The topological polar surface area (TPSA) is 113 Å². The van der Waals surface area contributed by atoms with E-state index >= 15 is 0 Å². The molecule has 0 bridgehead atoms. The molecule has 0 atom stereocenters. The van der Waals surface area contributed by atoms with Crippen LogP contribution in [0.1, 0.15) is 47.8 Å². The maximum atomic E-state index is 14.0. The molecule has 230 valence electrons. The van der Waals surface area contributed by atoms with Gasteiger partial charge in [0.1, 0.15) is 11.5 Å². The first-order valence-corrected chi connectivity index (χ1v) is 15.7. The second-order valence-corrected chi connectivity index (χ2v) is 12.6. The number of piperidine rings is 1. The lowest BCUT2D eigenvalue weighted by Crippen LogP contribution is -2.40. The van der Waals surface area contributed by atoms with Crippen molar-refractivity contribution in [3.05, 3.63) is 71.3 Å². The molecule has 1 aliphatic heterocycles. The number of alkyl halides is 3. The van der Waals surface area contributed by atoms with Gasteiger partial charge in [-0.3, -0.25) is 9.48 Å². The van der Waals surface area contributed by atoms with E-state index in [1.54, 1.807) is 23.9 Å². The normalized spacial score (nSPS) is 15.4. The van der Waals surface area contributed by atoms with Gasteiger partial charge in [-0.15, -0.1) is 5.10 Å². The molecule has 2 N–H and O–H groups in total. The highest BCUT2D eigenvalue weighted by Crippen LogP contribution is 2.33. The maximum absolute atomic E-state index is 14.0. The highest BCUT2D eigenvalue weighted by atomic mass is 32.2. The Morgan fingerprint density at radius 3 is 2.51 bits per heavy atom. The number of nitrogens with one attached hydrogen (secondary N) is 2. The van der Waals surface area contributed by atoms with Crippen LogP contribution >= 0.6 is 0 Å². The summed E-state index contributed by atoms with van der Waals surface area (Å²) in [6.07, 6.45) is -0.675. The van der Waals surface area contributed by atoms with Crippen LogP contribution in [0.5, 0.6) is 0 Å². The Bertz CT molecular complexity index is 1690. The molecule has 1 aliphatic rings. The molecule has 14 heteroatoms. The van der Waals surface area contributed by atoms with E-state index in [9.17, 15) is 30.8 Å². The summed E-state index contributed by atoms with van der Waals surface area (Å²) in [5, 5.41) is 9.14. The Kier molecular flexibility index (Phi) is 8.99. The van der Waals surface area contributed by atoms with Crippen LogP contribution in [0.2, 0.25) is 0 Å². The summed E-state index contributed by atoms with van der Waals surface area (Å²) in [4.78, 5) is 17.9. The minimum Gasteiger partial charge on any atom is -0.352 e.